The standard InChI is InChI=1S/C17H27N/c1-13-7-5-9-15(11-13)18-12-16-14(2)8-6-10-17(16,3)4/h5,7,9,11,14,16,18H,6,8,10,12H2,1-4H3/t14?,16-/m0/s1. The Morgan fingerprint density at radius 1 is 1.33 bits per heavy atom. The highest BCUT2D eigenvalue weighted by Crippen LogP contribution is 2.43. The van der Waals surface area contributed by atoms with Gasteiger partial charge >= 0.3 is 0 Å². The molecule has 0 radical (unpaired) electrons. The average molecular weight is 245 g/mol. The summed E-state index contributed by atoms with van der Waals surface area (Å²) in [5.41, 5.74) is 3.08. The van der Waals surface area contributed by atoms with Gasteiger partial charge in [-0.3, -0.25) is 0 Å². The zero-order valence-corrected chi connectivity index (χ0v) is 12.3. The van der Waals surface area contributed by atoms with E-state index in [1.807, 2.05) is 0 Å². The van der Waals surface area contributed by atoms with Crippen LogP contribution in [0.4, 0.5) is 5.69 Å². The number of hydrogen-bond acceptors (Lipinski definition) is 1. The van der Waals surface area contributed by atoms with E-state index in [-0.39, 0.29) is 0 Å². The summed E-state index contributed by atoms with van der Waals surface area (Å²) in [6.07, 6.45) is 4.16. The van der Waals surface area contributed by atoms with Crippen LogP contribution in [0.2, 0.25) is 0 Å². The predicted octanol–water partition coefficient (Wildman–Crippen LogP) is 4.87. The molecule has 1 saturated carbocycles. The zero-order valence-electron chi connectivity index (χ0n) is 12.3. The molecule has 1 aromatic rings. The van der Waals surface area contributed by atoms with E-state index in [1.54, 1.807) is 0 Å². The van der Waals surface area contributed by atoms with Crippen molar-refractivity contribution in [2.45, 2.75) is 47.0 Å². The van der Waals surface area contributed by atoms with Crippen molar-refractivity contribution >= 4 is 5.69 Å². The molecule has 18 heavy (non-hydrogen) atoms. The SMILES string of the molecule is Cc1cccc(NC[C@H]2C(C)CCCC2(C)C)c1. The van der Waals surface area contributed by atoms with Gasteiger partial charge in [-0.15, -0.1) is 0 Å². The Bertz CT molecular complexity index is 394. The van der Waals surface area contributed by atoms with Gasteiger partial charge in [0.1, 0.15) is 0 Å². The molecule has 1 heteroatoms. The monoisotopic (exact) mass is 245 g/mol. The van der Waals surface area contributed by atoms with Gasteiger partial charge in [-0.25, -0.2) is 0 Å². The number of anilines is 1. The van der Waals surface area contributed by atoms with Crippen molar-refractivity contribution in [2.75, 3.05) is 11.9 Å². The summed E-state index contributed by atoms with van der Waals surface area (Å²) in [5.74, 6) is 1.62. The van der Waals surface area contributed by atoms with Gasteiger partial charge in [0, 0.05) is 12.2 Å². The molecule has 0 amide bonds. The average Bonchev–Trinajstić information content (AvgIpc) is 2.27. The van der Waals surface area contributed by atoms with Gasteiger partial charge in [-0.1, -0.05) is 45.7 Å². The van der Waals surface area contributed by atoms with Crippen LogP contribution >= 0.6 is 0 Å². The second-order valence-corrected chi connectivity index (χ2v) is 6.71. The summed E-state index contributed by atoms with van der Waals surface area (Å²) >= 11 is 0. The van der Waals surface area contributed by atoms with Crippen molar-refractivity contribution < 1.29 is 0 Å². The van der Waals surface area contributed by atoms with Crippen molar-refractivity contribution in [1.29, 1.82) is 0 Å². The van der Waals surface area contributed by atoms with Crippen LogP contribution in [-0.2, 0) is 0 Å². The van der Waals surface area contributed by atoms with Gasteiger partial charge in [0.25, 0.3) is 0 Å². The summed E-state index contributed by atoms with van der Waals surface area (Å²) in [7, 11) is 0. The lowest BCUT2D eigenvalue weighted by molar-refractivity contribution is 0.0944. The Morgan fingerprint density at radius 2 is 2.11 bits per heavy atom. The maximum atomic E-state index is 3.64. The predicted molar refractivity (Wildman–Crippen MR) is 80.0 cm³/mol. The Morgan fingerprint density at radius 3 is 2.78 bits per heavy atom. The minimum Gasteiger partial charge on any atom is -0.385 e. The molecule has 0 saturated heterocycles. The largest absolute Gasteiger partial charge is 0.385 e. The molecular formula is C17H27N. The first-order valence-corrected chi connectivity index (χ1v) is 7.29. The molecule has 1 fully saturated rings. The molecule has 0 aromatic heterocycles. The lowest BCUT2D eigenvalue weighted by atomic mass is 9.64. The summed E-state index contributed by atoms with van der Waals surface area (Å²) in [5, 5.41) is 3.64. The normalized spacial score (nSPS) is 26.9. The van der Waals surface area contributed by atoms with Gasteiger partial charge in [0.15, 0.2) is 0 Å². The van der Waals surface area contributed by atoms with Crippen LogP contribution in [0, 0.1) is 24.2 Å². The van der Waals surface area contributed by atoms with E-state index in [9.17, 15) is 0 Å². The first kappa shape index (κ1) is 13.5. The van der Waals surface area contributed by atoms with E-state index in [1.165, 1.54) is 30.5 Å². The Balaban J connectivity index is 2.00. The zero-order chi connectivity index (χ0) is 13.2. The van der Waals surface area contributed by atoms with Crippen molar-refractivity contribution in [3.8, 4) is 0 Å². The fourth-order valence-electron chi connectivity index (χ4n) is 3.50. The highest BCUT2D eigenvalue weighted by atomic mass is 14.9. The fraction of sp³-hybridized carbons (Fsp3) is 0.647. The molecule has 1 unspecified atom stereocenters. The van der Waals surface area contributed by atoms with Crippen LogP contribution in [-0.4, -0.2) is 6.54 Å². The Labute approximate surface area is 112 Å². The van der Waals surface area contributed by atoms with Crippen LogP contribution in [0.1, 0.15) is 45.6 Å². The fourth-order valence-corrected chi connectivity index (χ4v) is 3.50. The second kappa shape index (κ2) is 5.34. The molecule has 1 aliphatic carbocycles. The van der Waals surface area contributed by atoms with Crippen LogP contribution in [0.5, 0.6) is 0 Å². The molecule has 2 atom stereocenters. The first-order chi connectivity index (χ1) is 8.49. The molecule has 0 aliphatic heterocycles. The molecular weight excluding hydrogens is 218 g/mol. The van der Waals surface area contributed by atoms with Crippen molar-refractivity contribution in [1.82, 2.24) is 0 Å². The number of benzene rings is 1. The smallest absolute Gasteiger partial charge is 0.0342 e. The van der Waals surface area contributed by atoms with Gasteiger partial charge in [-0.2, -0.15) is 0 Å². The number of aryl methyl sites for hydroxylation is 1. The lowest BCUT2D eigenvalue weighted by Crippen LogP contribution is -2.38. The van der Waals surface area contributed by atoms with Crippen LogP contribution in [0.15, 0.2) is 24.3 Å². The lowest BCUT2D eigenvalue weighted by Gasteiger charge is -2.43. The van der Waals surface area contributed by atoms with Crippen LogP contribution in [0.3, 0.4) is 0 Å². The Kier molecular flexibility index (Phi) is 3.99. The van der Waals surface area contributed by atoms with Gasteiger partial charge in [-0.05, 0) is 48.3 Å². The summed E-state index contributed by atoms with van der Waals surface area (Å²) in [6.45, 7) is 10.6. The molecule has 1 aromatic carbocycles. The Hall–Kier alpha value is -0.980. The first-order valence-electron chi connectivity index (χ1n) is 7.29. The van der Waals surface area contributed by atoms with Gasteiger partial charge < -0.3 is 5.32 Å². The maximum Gasteiger partial charge on any atom is 0.0342 e. The van der Waals surface area contributed by atoms with Gasteiger partial charge in [0.2, 0.25) is 0 Å². The molecule has 1 aliphatic rings. The van der Waals surface area contributed by atoms with Gasteiger partial charge in [0.05, 0.1) is 0 Å². The maximum absolute atomic E-state index is 3.64. The van der Waals surface area contributed by atoms with E-state index < -0.39 is 0 Å². The third-order valence-corrected chi connectivity index (χ3v) is 4.72. The number of rotatable bonds is 3. The van der Waals surface area contributed by atoms with Crippen LogP contribution in [0.25, 0.3) is 0 Å². The third-order valence-electron chi connectivity index (χ3n) is 4.72. The minimum absolute atomic E-state index is 0.481. The molecule has 0 heterocycles. The van der Waals surface area contributed by atoms with Crippen LogP contribution < -0.4 is 5.32 Å². The van der Waals surface area contributed by atoms with E-state index in [0.717, 1.165) is 18.4 Å². The molecule has 1 N–H and O–H groups in total. The van der Waals surface area contributed by atoms with E-state index in [0.29, 0.717) is 5.41 Å². The van der Waals surface area contributed by atoms with E-state index in [4.69, 9.17) is 0 Å². The molecule has 1 nitrogen and oxygen atoms in total. The van der Waals surface area contributed by atoms with Crippen molar-refractivity contribution in [3.63, 3.8) is 0 Å². The van der Waals surface area contributed by atoms with Crippen molar-refractivity contribution in [3.05, 3.63) is 29.8 Å². The van der Waals surface area contributed by atoms with Crippen molar-refractivity contribution in [2.24, 2.45) is 17.3 Å². The molecule has 0 spiro atoms. The summed E-state index contributed by atoms with van der Waals surface area (Å²) in [4.78, 5) is 0. The number of hydrogen-bond donors (Lipinski definition) is 1. The summed E-state index contributed by atoms with van der Waals surface area (Å²) < 4.78 is 0. The number of nitrogens with one attached hydrogen (secondary N) is 1. The quantitative estimate of drug-likeness (QED) is 0.801. The molecule has 2 rings (SSSR count). The summed E-state index contributed by atoms with van der Waals surface area (Å²) in [6, 6.07) is 8.69. The second-order valence-electron chi connectivity index (χ2n) is 6.71. The minimum atomic E-state index is 0.481. The molecule has 0 bridgehead atoms. The molecule has 100 valence electrons. The highest BCUT2D eigenvalue weighted by Gasteiger charge is 2.36. The van der Waals surface area contributed by atoms with E-state index >= 15 is 0 Å². The highest BCUT2D eigenvalue weighted by molar-refractivity contribution is 5.45. The third kappa shape index (κ3) is 3.07. The van der Waals surface area contributed by atoms with E-state index in [2.05, 4.69) is 57.3 Å². The topological polar surface area (TPSA) is 12.0 Å².